The Balaban J connectivity index is 2.36. The molecule has 0 bridgehead atoms. The quantitative estimate of drug-likeness (QED) is 0.729. The Morgan fingerprint density at radius 1 is 1.44 bits per heavy atom. The molecule has 0 radical (unpaired) electrons. The van der Waals surface area contributed by atoms with E-state index in [1.807, 2.05) is 0 Å². The molecular weight excluding hydrogens is 204 g/mol. The Hall–Kier alpha value is -0.160. The number of nitrogens with zero attached hydrogens (tertiary/aromatic N) is 1. The molecule has 4 heteroatoms. The Morgan fingerprint density at radius 3 is 2.69 bits per heavy atom. The lowest BCUT2D eigenvalue weighted by Crippen LogP contribution is -2.49. The van der Waals surface area contributed by atoms with Crippen molar-refractivity contribution in [3.8, 4) is 0 Å². The molecule has 0 aromatic heterocycles. The van der Waals surface area contributed by atoms with Gasteiger partial charge in [0.1, 0.15) is 0 Å². The van der Waals surface area contributed by atoms with Crippen molar-refractivity contribution in [2.75, 3.05) is 41.0 Å². The molecule has 0 spiro atoms. The van der Waals surface area contributed by atoms with Crippen LogP contribution < -0.4 is 5.32 Å². The van der Waals surface area contributed by atoms with Crippen LogP contribution in [0.4, 0.5) is 0 Å². The van der Waals surface area contributed by atoms with Crippen LogP contribution in [-0.2, 0) is 9.47 Å². The fourth-order valence-electron chi connectivity index (χ4n) is 2.40. The van der Waals surface area contributed by atoms with E-state index in [1.54, 1.807) is 14.2 Å². The third kappa shape index (κ3) is 4.01. The number of likely N-dealkylation sites (tertiary alicyclic amines) is 1. The molecule has 1 rings (SSSR count). The van der Waals surface area contributed by atoms with E-state index in [4.69, 9.17) is 9.47 Å². The number of hydrogen-bond acceptors (Lipinski definition) is 4. The maximum absolute atomic E-state index is 5.41. The molecule has 0 amide bonds. The van der Waals surface area contributed by atoms with Crippen molar-refractivity contribution in [2.24, 2.45) is 0 Å². The van der Waals surface area contributed by atoms with Crippen LogP contribution in [0.5, 0.6) is 0 Å². The summed E-state index contributed by atoms with van der Waals surface area (Å²) in [5.74, 6) is 0. The molecule has 1 fully saturated rings. The topological polar surface area (TPSA) is 33.7 Å². The minimum absolute atomic E-state index is 0.193. The summed E-state index contributed by atoms with van der Waals surface area (Å²) in [4.78, 5) is 2.50. The van der Waals surface area contributed by atoms with Crippen molar-refractivity contribution in [3.05, 3.63) is 0 Å². The molecule has 1 heterocycles. The SMILES string of the molecule is CNC1CCN(CC(COC)OC)C(C)C1. The van der Waals surface area contributed by atoms with Gasteiger partial charge in [-0.25, -0.2) is 0 Å². The number of rotatable bonds is 6. The van der Waals surface area contributed by atoms with Crippen LogP contribution in [-0.4, -0.2) is 64.1 Å². The molecule has 1 aliphatic heterocycles. The third-order valence-electron chi connectivity index (χ3n) is 3.55. The highest BCUT2D eigenvalue weighted by Gasteiger charge is 2.26. The molecule has 96 valence electrons. The summed E-state index contributed by atoms with van der Waals surface area (Å²) in [7, 11) is 5.54. The molecule has 0 saturated carbocycles. The summed E-state index contributed by atoms with van der Waals surface area (Å²) in [6.07, 6.45) is 2.64. The van der Waals surface area contributed by atoms with Gasteiger partial charge in [-0.05, 0) is 26.8 Å². The largest absolute Gasteiger partial charge is 0.382 e. The standard InChI is InChI=1S/C12H26N2O2/c1-10-7-11(13-2)5-6-14(10)8-12(16-4)9-15-3/h10-13H,5-9H2,1-4H3. The minimum Gasteiger partial charge on any atom is -0.382 e. The average molecular weight is 230 g/mol. The van der Waals surface area contributed by atoms with Crippen LogP contribution in [0.3, 0.4) is 0 Å². The first-order valence-corrected chi connectivity index (χ1v) is 6.14. The van der Waals surface area contributed by atoms with Crippen LogP contribution >= 0.6 is 0 Å². The molecule has 0 aromatic carbocycles. The van der Waals surface area contributed by atoms with E-state index < -0.39 is 0 Å². The maximum atomic E-state index is 5.41. The lowest BCUT2D eigenvalue weighted by atomic mass is 9.98. The van der Waals surface area contributed by atoms with Gasteiger partial charge in [-0.15, -0.1) is 0 Å². The summed E-state index contributed by atoms with van der Waals surface area (Å²) >= 11 is 0. The molecule has 1 aliphatic rings. The maximum Gasteiger partial charge on any atom is 0.0931 e. The predicted molar refractivity (Wildman–Crippen MR) is 65.8 cm³/mol. The smallest absolute Gasteiger partial charge is 0.0931 e. The lowest BCUT2D eigenvalue weighted by molar-refractivity contribution is -0.00883. The van der Waals surface area contributed by atoms with Crippen molar-refractivity contribution in [1.82, 2.24) is 10.2 Å². The van der Waals surface area contributed by atoms with Gasteiger partial charge in [-0.2, -0.15) is 0 Å². The Bertz CT molecular complexity index is 190. The van der Waals surface area contributed by atoms with E-state index in [0.29, 0.717) is 18.7 Å². The summed E-state index contributed by atoms with van der Waals surface area (Å²) in [6.45, 7) is 5.09. The highest BCUT2D eigenvalue weighted by molar-refractivity contribution is 4.83. The molecule has 4 nitrogen and oxygen atoms in total. The summed E-state index contributed by atoms with van der Waals surface area (Å²) in [5, 5.41) is 3.36. The zero-order valence-corrected chi connectivity index (χ0v) is 11.0. The molecular formula is C12H26N2O2. The number of hydrogen-bond donors (Lipinski definition) is 1. The molecule has 16 heavy (non-hydrogen) atoms. The third-order valence-corrected chi connectivity index (χ3v) is 3.55. The van der Waals surface area contributed by atoms with E-state index >= 15 is 0 Å². The lowest BCUT2D eigenvalue weighted by Gasteiger charge is -2.39. The average Bonchev–Trinajstić information content (AvgIpc) is 2.30. The van der Waals surface area contributed by atoms with Gasteiger partial charge in [-0.1, -0.05) is 0 Å². The number of methoxy groups -OCH3 is 2. The molecule has 3 atom stereocenters. The first-order chi connectivity index (χ1) is 7.71. The number of nitrogens with one attached hydrogen (secondary N) is 1. The fraction of sp³-hybridized carbons (Fsp3) is 1.00. The van der Waals surface area contributed by atoms with Crippen LogP contribution in [0.25, 0.3) is 0 Å². The second-order valence-corrected chi connectivity index (χ2v) is 4.67. The van der Waals surface area contributed by atoms with Gasteiger partial charge in [0.05, 0.1) is 12.7 Å². The van der Waals surface area contributed by atoms with Gasteiger partial charge in [0.25, 0.3) is 0 Å². The first-order valence-electron chi connectivity index (χ1n) is 6.14. The summed E-state index contributed by atoms with van der Waals surface area (Å²) in [6, 6.07) is 1.30. The van der Waals surface area contributed by atoms with Gasteiger partial charge in [0, 0.05) is 39.4 Å². The van der Waals surface area contributed by atoms with E-state index in [2.05, 4.69) is 24.2 Å². The molecule has 1 saturated heterocycles. The van der Waals surface area contributed by atoms with Crippen molar-refractivity contribution in [2.45, 2.75) is 38.0 Å². The zero-order valence-electron chi connectivity index (χ0n) is 11.0. The predicted octanol–water partition coefficient (Wildman–Crippen LogP) is 0.720. The van der Waals surface area contributed by atoms with Crippen molar-refractivity contribution in [3.63, 3.8) is 0 Å². The van der Waals surface area contributed by atoms with Gasteiger partial charge < -0.3 is 14.8 Å². The van der Waals surface area contributed by atoms with Crippen LogP contribution in [0, 0.1) is 0 Å². The second-order valence-electron chi connectivity index (χ2n) is 4.67. The summed E-state index contributed by atoms with van der Waals surface area (Å²) in [5.41, 5.74) is 0. The molecule has 0 aromatic rings. The minimum atomic E-state index is 0.193. The second kappa shape index (κ2) is 7.22. The molecule has 0 aliphatic carbocycles. The van der Waals surface area contributed by atoms with E-state index in [9.17, 15) is 0 Å². The number of ether oxygens (including phenoxy) is 2. The van der Waals surface area contributed by atoms with Crippen LogP contribution in [0.2, 0.25) is 0 Å². The first kappa shape index (κ1) is 13.9. The Labute approximate surface area is 99.3 Å². The van der Waals surface area contributed by atoms with Gasteiger partial charge in [0.2, 0.25) is 0 Å². The van der Waals surface area contributed by atoms with Crippen LogP contribution in [0.15, 0.2) is 0 Å². The van der Waals surface area contributed by atoms with E-state index in [1.165, 1.54) is 12.8 Å². The Morgan fingerprint density at radius 2 is 2.19 bits per heavy atom. The van der Waals surface area contributed by atoms with E-state index in [-0.39, 0.29) is 6.10 Å². The van der Waals surface area contributed by atoms with Crippen molar-refractivity contribution in [1.29, 1.82) is 0 Å². The molecule has 1 N–H and O–H groups in total. The van der Waals surface area contributed by atoms with Crippen molar-refractivity contribution >= 4 is 0 Å². The molecule has 3 unspecified atom stereocenters. The highest BCUT2D eigenvalue weighted by Crippen LogP contribution is 2.17. The Kier molecular flexibility index (Phi) is 6.28. The summed E-state index contributed by atoms with van der Waals surface area (Å²) < 4.78 is 10.6. The highest BCUT2D eigenvalue weighted by atomic mass is 16.5. The fourth-order valence-corrected chi connectivity index (χ4v) is 2.40. The zero-order chi connectivity index (χ0) is 12.0. The van der Waals surface area contributed by atoms with Crippen molar-refractivity contribution < 1.29 is 9.47 Å². The van der Waals surface area contributed by atoms with E-state index in [0.717, 1.165) is 13.1 Å². The van der Waals surface area contributed by atoms with Gasteiger partial charge in [0.15, 0.2) is 0 Å². The number of piperidine rings is 1. The van der Waals surface area contributed by atoms with Gasteiger partial charge >= 0.3 is 0 Å². The monoisotopic (exact) mass is 230 g/mol. The van der Waals surface area contributed by atoms with Gasteiger partial charge in [-0.3, -0.25) is 4.90 Å². The normalized spacial score (nSPS) is 29.2. The van der Waals surface area contributed by atoms with Crippen LogP contribution in [0.1, 0.15) is 19.8 Å².